The van der Waals surface area contributed by atoms with Gasteiger partial charge in [0.25, 0.3) is 0 Å². The first-order valence-corrected chi connectivity index (χ1v) is 6.37. The molecule has 4 heteroatoms. The molecule has 2 radical (unpaired) electrons. The number of allylic oxidation sites excluding steroid dienone is 2. The van der Waals surface area contributed by atoms with Gasteiger partial charge in [-0.1, -0.05) is 18.0 Å². The van der Waals surface area contributed by atoms with Gasteiger partial charge in [-0.15, -0.1) is 0 Å². The molecule has 0 fully saturated rings. The lowest BCUT2D eigenvalue weighted by atomic mass is 10.2. The largest absolute Gasteiger partial charge is 0.334 e. The molecule has 0 aromatic carbocycles. The molecule has 0 aliphatic heterocycles. The predicted octanol–water partition coefficient (Wildman–Crippen LogP) is 2.50. The smallest absolute Gasteiger partial charge is 0.161 e. The third kappa shape index (κ3) is 3.36. The van der Waals surface area contributed by atoms with Crippen LogP contribution in [0.25, 0.3) is 0 Å². The molecule has 66 valence electrons. The van der Waals surface area contributed by atoms with E-state index in [-0.39, 0.29) is 0 Å². The van der Waals surface area contributed by atoms with E-state index in [0.717, 1.165) is 6.42 Å². The van der Waals surface area contributed by atoms with Gasteiger partial charge in [0, 0.05) is 12.0 Å². The Morgan fingerprint density at radius 1 is 1.67 bits per heavy atom. The van der Waals surface area contributed by atoms with E-state index >= 15 is 0 Å². The maximum atomic E-state index is 5.55. The highest BCUT2D eigenvalue weighted by Crippen LogP contribution is 2.24. The van der Waals surface area contributed by atoms with E-state index in [0.29, 0.717) is 5.25 Å². The van der Waals surface area contributed by atoms with Gasteiger partial charge in [-0.05, 0) is 30.9 Å². The average Bonchev–Trinajstić information content (AvgIpc) is 2.31. The van der Waals surface area contributed by atoms with Crippen molar-refractivity contribution in [1.82, 2.24) is 4.72 Å². The molecule has 1 aliphatic carbocycles. The van der Waals surface area contributed by atoms with Gasteiger partial charge >= 0.3 is 0 Å². The normalized spacial score (nSPS) is 24.4. The summed E-state index contributed by atoms with van der Waals surface area (Å²) in [6.45, 7) is 0. The van der Waals surface area contributed by atoms with E-state index in [9.17, 15) is 0 Å². The fourth-order valence-corrected chi connectivity index (χ4v) is 2.32. The van der Waals surface area contributed by atoms with Crippen molar-refractivity contribution in [2.45, 2.75) is 30.9 Å². The summed E-state index contributed by atoms with van der Waals surface area (Å²) in [5, 5.41) is 0.631. The van der Waals surface area contributed by atoms with Gasteiger partial charge in [0.1, 0.15) is 0 Å². The Bertz CT molecular complexity index is 161. The first-order valence-electron chi connectivity index (χ1n) is 4.20. The lowest BCUT2D eigenvalue weighted by Crippen LogP contribution is -2.00. The molecule has 0 aromatic rings. The molecule has 0 saturated heterocycles. The molecule has 0 amide bonds. The molecule has 1 aliphatic rings. The number of hydrogen-bond acceptors (Lipinski definition) is 3. The van der Waals surface area contributed by atoms with Gasteiger partial charge in [-0.25, -0.2) is 11.6 Å². The van der Waals surface area contributed by atoms with Crippen molar-refractivity contribution in [3.63, 3.8) is 0 Å². The first-order chi connectivity index (χ1) is 5.86. The molecule has 0 aromatic heterocycles. The van der Waals surface area contributed by atoms with Crippen molar-refractivity contribution < 1.29 is 0 Å². The first kappa shape index (κ1) is 10.4. The third-order valence-corrected chi connectivity index (χ3v) is 3.30. The van der Waals surface area contributed by atoms with Gasteiger partial charge in [0.05, 0.1) is 0 Å². The standard InChI is InChI=1S/C8H14BNS2/c1-11-10-7-3-2-4-8(12-9)6-5-7/h5,8,10H,2-4,6H2,1H3. The minimum Gasteiger partial charge on any atom is -0.334 e. The highest BCUT2D eigenvalue weighted by Gasteiger charge is 2.09. The molecule has 1 nitrogen and oxygen atoms in total. The molecular weight excluding hydrogens is 185 g/mol. The average molecular weight is 199 g/mol. The zero-order valence-corrected chi connectivity index (χ0v) is 9.01. The second-order valence-electron chi connectivity index (χ2n) is 2.92. The fraction of sp³-hybridized carbons (Fsp3) is 0.750. The third-order valence-electron chi connectivity index (χ3n) is 2.02. The van der Waals surface area contributed by atoms with E-state index in [1.54, 1.807) is 11.9 Å². The lowest BCUT2D eigenvalue weighted by molar-refractivity contribution is 0.722. The van der Waals surface area contributed by atoms with Gasteiger partial charge < -0.3 is 4.72 Å². The summed E-state index contributed by atoms with van der Waals surface area (Å²) >= 11 is 3.17. The number of nitrogens with one attached hydrogen (secondary N) is 1. The van der Waals surface area contributed by atoms with Crippen LogP contribution in [0.4, 0.5) is 0 Å². The Kier molecular flexibility index (Phi) is 5.08. The number of hydrogen-bond donors (Lipinski definition) is 1. The van der Waals surface area contributed by atoms with Crippen molar-refractivity contribution in [2.75, 3.05) is 6.26 Å². The monoisotopic (exact) mass is 199 g/mol. The Hall–Kier alpha value is 0.305. The summed E-state index contributed by atoms with van der Waals surface area (Å²) in [4.78, 5) is 0. The van der Waals surface area contributed by atoms with Crippen LogP contribution in [0.5, 0.6) is 0 Å². The topological polar surface area (TPSA) is 12.0 Å². The summed E-state index contributed by atoms with van der Waals surface area (Å²) in [5.41, 5.74) is 1.37. The van der Waals surface area contributed by atoms with Gasteiger partial charge in [0.15, 0.2) is 7.12 Å². The summed E-state index contributed by atoms with van der Waals surface area (Å²) in [7, 11) is 5.55. The lowest BCUT2D eigenvalue weighted by Gasteiger charge is -2.08. The molecule has 1 unspecified atom stereocenters. The summed E-state index contributed by atoms with van der Waals surface area (Å²) in [6.07, 6.45) is 9.14. The van der Waals surface area contributed by atoms with Gasteiger partial charge in [-0.2, -0.15) is 0 Å². The fourth-order valence-electron chi connectivity index (χ4n) is 1.36. The summed E-state index contributed by atoms with van der Waals surface area (Å²) < 4.78 is 3.30. The van der Waals surface area contributed by atoms with Crippen LogP contribution in [-0.4, -0.2) is 18.6 Å². The van der Waals surface area contributed by atoms with Crippen LogP contribution in [0.15, 0.2) is 11.8 Å². The van der Waals surface area contributed by atoms with Gasteiger partial charge in [0.2, 0.25) is 0 Å². The zero-order chi connectivity index (χ0) is 8.81. The molecule has 0 saturated carbocycles. The SMILES string of the molecule is [B]SC1CC=C(NSC)CCC1. The van der Waals surface area contributed by atoms with E-state index in [4.69, 9.17) is 7.12 Å². The van der Waals surface area contributed by atoms with Crippen molar-refractivity contribution in [3.8, 4) is 0 Å². The van der Waals surface area contributed by atoms with Crippen molar-refractivity contribution >= 4 is 30.7 Å². The maximum Gasteiger partial charge on any atom is 0.161 e. The van der Waals surface area contributed by atoms with E-state index in [1.807, 2.05) is 0 Å². The Balaban J connectivity index is 2.39. The van der Waals surface area contributed by atoms with Crippen LogP contribution in [0, 0.1) is 0 Å². The Morgan fingerprint density at radius 3 is 3.17 bits per heavy atom. The quantitative estimate of drug-likeness (QED) is 0.554. The van der Waals surface area contributed by atoms with Crippen LogP contribution in [0.3, 0.4) is 0 Å². The molecule has 0 heterocycles. The second kappa shape index (κ2) is 5.87. The predicted molar refractivity (Wildman–Crippen MR) is 60.3 cm³/mol. The van der Waals surface area contributed by atoms with Crippen molar-refractivity contribution in [1.29, 1.82) is 0 Å². The van der Waals surface area contributed by atoms with Crippen molar-refractivity contribution in [2.24, 2.45) is 0 Å². The van der Waals surface area contributed by atoms with Gasteiger partial charge in [-0.3, -0.25) is 0 Å². The highest BCUT2D eigenvalue weighted by molar-refractivity contribution is 8.20. The number of rotatable bonds is 3. The summed E-state index contributed by atoms with van der Waals surface area (Å²) in [5.74, 6) is 0. The second-order valence-corrected chi connectivity index (χ2v) is 4.47. The highest BCUT2D eigenvalue weighted by atomic mass is 32.2. The maximum absolute atomic E-state index is 5.55. The molecule has 1 atom stereocenters. The minimum absolute atomic E-state index is 0.631. The summed E-state index contributed by atoms with van der Waals surface area (Å²) in [6, 6.07) is 0. The van der Waals surface area contributed by atoms with E-state index < -0.39 is 0 Å². The van der Waals surface area contributed by atoms with E-state index in [1.165, 1.54) is 36.6 Å². The van der Waals surface area contributed by atoms with Crippen LogP contribution >= 0.6 is 23.6 Å². The Labute approximate surface area is 84.6 Å². The molecule has 1 N–H and O–H groups in total. The molecule has 0 bridgehead atoms. The minimum atomic E-state index is 0.631. The molecule has 0 spiro atoms. The molecule has 12 heavy (non-hydrogen) atoms. The van der Waals surface area contributed by atoms with Crippen LogP contribution < -0.4 is 4.72 Å². The van der Waals surface area contributed by atoms with Crippen LogP contribution in [-0.2, 0) is 0 Å². The van der Waals surface area contributed by atoms with Crippen LogP contribution in [0.2, 0.25) is 0 Å². The Morgan fingerprint density at radius 2 is 2.50 bits per heavy atom. The van der Waals surface area contributed by atoms with Crippen LogP contribution in [0.1, 0.15) is 25.7 Å². The zero-order valence-electron chi connectivity index (χ0n) is 7.38. The molecule has 1 rings (SSSR count). The van der Waals surface area contributed by atoms with Crippen molar-refractivity contribution in [3.05, 3.63) is 11.8 Å². The van der Waals surface area contributed by atoms with E-state index in [2.05, 4.69) is 17.1 Å². The molecular formula is C8H14BNS2.